The highest BCUT2D eigenvalue weighted by atomic mass is 32.2. The lowest BCUT2D eigenvalue weighted by Gasteiger charge is -2.12. The van der Waals surface area contributed by atoms with Crippen molar-refractivity contribution in [2.75, 3.05) is 5.73 Å². The van der Waals surface area contributed by atoms with Gasteiger partial charge in [0.05, 0.1) is 17.1 Å². The summed E-state index contributed by atoms with van der Waals surface area (Å²) in [7, 11) is -3.64. The molecule has 1 heterocycles. The maximum Gasteiger partial charge on any atom is 0.241 e. The van der Waals surface area contributed by atoms with Crippen LogP contribution in [0.2, 0.25) is 0 Å². The maximum absolute atomic E-state index is 12.3. The molecule has 0 aliphatic rings. The maximum atomic E-state index is 12.3. The molecule has 0 saturated heterocycles. The lowest BCUT2D eigenvalue weighted by atomic mass is 10.2. The van der Waals surface area contributed by atoms with Gasteiger partial charge >= 0.3 is 0 Å². The fourth-order valence-electron chi connectivity index (χ4n) is 1.74. The summed E-state index contributed by atoms with van der Waals surface area (Å²) in [6.07, 6.45) is 1.55. The Bertz CT molecular complexity index is 722. The smallest absolute Gasteiger partial charge is 0.241 e. The Morgan fingerprint density at radius 3 is 2.60 bits per heavy atom. The van der Waals surface area contributed by atoms with E-state index in [1.54, 1.807) is 33.0 Å². The van der Waals surface area contributed by atoms with E-state index in [1.807, 2.05) is 0 Å². The first-order valence-corrected chi connectivity index (χ1v) is 7.58. The van der Waals surface area contributed by atoms with Gasteiger partial charge in [-0.05, 0) is 44.5 Å². The molecular formula is C13H17N3O3S. The number of aromatic nitrogens is 1. The number of hydrogen-bond donors (Lipinski definition) is 2. The second-order valence-electron chi connectivity index (χ2n) is 4.67. The zero-order chi connectivity index (χ0) is 14.9. The number of aryl methyl sites for hydroxylation is 2. The Balaban J connectivity index is 2.24. The minimum atomic E-state index is -3.64. The Labute approximate surface area is 118 Å². The van der Waals surface area contributed by atoms with Crippen LogP contribution in [0.1, 0.15) is 30.2 Å². The molecule has 0 aliphatic heterocycles. The molecule has 20 heavy (non-hydrogen) atoms. The summed E-state index contributed by atoms with van der Waals surface area (Å²) in [5, 5.41) is 0. The number of nitrogens with one attached hydrogen (secondary N) is 1. The van der Waals surface area contributed by atoms with Gasteiger partial charge in [-0.2, -0.15) is 4.72 Å². The van der Waals surface area contributed by atoms with Crippen LogP contribution in [0.5, 0.6) is 0 Å². The minimum absolute atomic E-state index is 0.166. The lowest BCUT2D eigenvalue weighted by Crippen LogP contribution is -2.27. The van der Waals surface area contributed by atoms with Crippen molar-refractivity contribution in [3.05, 3.63) is 41.6 Å². The van der Waals surface area contributed by atoms with Crippen molar-refractivity contribution in [3.8, 4) is 0 Å². The number of oxazole rings is 1. The van der Waals surface area contributed by atoms with E-state index in [0.717, 1.165) is 0 Å². The quantitative estimate of drug-likeness (QED) is 0.840. The normalized spacial score (nSPS) is 13.3. The summed E-state index contributed by atoms with van der Waals surface area (Å²) >= 11 is 0. The summed E-state index contributed by atoms with van der Waals surface area (Å²) in [5.74, 6) is 0.965. The first kappa shape index (κ1) is 14.5. The van der Waals surface area contributed by atoms with E-state index in [0.29, 0.717) is 22.9 Å². The average Bonchev–Trinajstić information content (AvgIpc) is 2.79. The fourth-order valence-corrected chi connectivity index (χ4v) is 3.02. The van der Waals surface area contributed by atoms with Crippen molar-refractivity contribution < 1.29 is 12.8 Å². The van der Waals surface area contributed by atoms with Crippen LogP contribution in [0.15, 0.2) is 33.7 Å². The first-order valence-electron chi connectivity index (χ1n) is 6.10. The van der Waals surface area contributed by atoms with Crippen LogP contribution in [0.3, 0.4) is 0 Å². The number of anilines is 1. The molecule has 0 fully saturated rings. The van der Waals surface area contributed by atoms with Gasteiger partial charge in [0.25, 0.3) is 0 Å². The van der Waals surface area contributed by atoms with Gasteiger partial charge < -0.3 is 10.2 Å². The van der Waals surface area contributed by atoms with Crippen LogP contribution in [0.4, 0.5) is 5.69 Å². The van der Waals surface area contributed by atoms with Crippen molar-refractivity contribution in [2.45, 2.75) is 31.7 Å². The highest BCUT2D eigenvalue weighted by Gasteiger charge is 2.21. The SMILES string of the molecule is Cc1cnc(C(C)NS(=O)(=O)c2ccc(N)c(C)c2)o1. The van der Waals surface area contributed by atoms with Crippen molar-refractivity contribution >= 4 is 15.7 Å². The molecule has 1 atom stereocenters. The van der Waals surface area contributed by atoms with E-state index in [-0.39, 0.29) is 4.90 Å². The standard InChI is InChI=1S/C13H17N3O3S/c1-8-6-11(4-5-12(8)14)20(17,18)16-10(3)13-15-7-9(2)19-13/h4-7,10,16H,14H2,1-3H3. The van der Waals surface area contributed by atoms with E-state index in [4.69, 9.17) is 10.2 Å². The Morgan fingerprint density at radius 2 is 2.05 bits per heavy atom. The summed E-state index contributed by atoms with van der Waals surface area (Å²) < 4.78 is 32.4. The van der Waals surface area contributed by atoms with Gasteiger partial charge in [-0.1, -0.05) is 0 Å². The third-order valence-electron chi connectivity index (χ3n) is 2.89. The third-order valence-corrected chi connectivity index (χ3v) is 4.43. The molecule has 0 saturated carbocycles. The van der Waals surface area contributed by atoms with E-state index >= 15 is 0 Å². The zero-order valence-electron chi connectivity index (χ0n) is 11.5. The molecule has 0 aliphatic carbocycles. The molecule has 0 amide bonds. The highest BCUT2D eigenvalue weighted by molar-refractivity contribution is 7.89. The summed E-state index contributed by atoms with van der Waals surface area (Å²) in [4.78, 5) is 4.18. The third kappa shape index (κ3) is 3.00. The number of nitrogen functional groups attached to an aromatic ring is 1. The van der Waals surface area contributed by atoms with E-state index in [2.05, 4.69) is 9.71 Å². The summed E-state index contributed by atoms with van der Waals surface area (Å²) in [5.41, 5.74) is 6.96. The number of hydrogen-bond acceptors (Lipinski definition) is 5. The number of nitrogens with zero attached hydrogens (tertiary/aromatic N) is 1. The number of rotatable bonds is 4. The Hall–Kier alpha value is -1.86. The number of nitrogens with two attached hydrogens (primary N) is 1. The molecule has 6 nitrogen and oxygen atoms in total. The molecule has 0 radical (unpaired) electrons. The Morgan fingerprint density at radius 1 is 1.35 bits per heavy atom. The van der Waals surface area contributed by atoms with Gasteiger partial charge in [-0.25, -0.2) is 13.4 Å². The molecule has 0 spiro atoms. The van der Waals surface area contributed by atoms with Crippen molar-refractivity contribution in [1.82, 2.24) is 9.71 Å². The summed E-state index contributed by atoms with van der Waals surface area (Å²) in [6.45, 7) is 5.18. The van der Waals surface area contributed by atoms with Crippen LogP contribution in [0.25, 0.3) is 0 Å². The lowest BCUT2D eigenvalue weighted by molar-refractivity contribution is 0.428. The van der Waals surface area contributed by atoms with Crippen LogP contribution in [-0.2, 0) is 10.0 Å². The van der Waals surface area contributed by atoms with Crippen LogP contribution in [0, 0.1) is 13.8 Å². The second-order valence-corrected chi connectivity index (χ2v) is 6.38. The zero-order valence-corrected chi connectivity index (χ0v) is 12.4. The predicted molar refractivity (Wildman–Crippen MR) is 75.6 cm³/mol. The molecule has 1 unspecified atom stereocenters. The largest absolute Gasteiger partial charge is 0.444 e. The predicted octanol–water partition coefficient (Wildman–Crippen LogP) is 1.91. The van der Waals surface area contributed by atoms with Crippen LogP contribution >= 0.6 is 0 Å². The Kier molecular flexibility index (Phi) is 3.82. The van der Waals surface area contributed by atoms with Crippen LogP contribution in [-0.4, -0.2) is 13.4 Å². The molecular weight excluding hydrogens is 278 g/mol. The number of benzene rings is 1. The van der Waals surface area contributed by atoms with Gasteiger partial charge in [0.15, 0.2) is 0 Å². The van der Waals surface area contributed by atoms with Gasteiger partial charge in [0.1, 0.15) is 5.76 Å². The van der Waals surface area contributed by atoms with Gasteiger partial charge in [-0.15, -0.1) is 0 Å². The van der Waals surface area contributed by atoms with Crippen molar-refractivity contribution in [2.24, 2.45) is 0 Å². The van der Waals surface area contributed by atoms with Gasteiger partial charge in [0, 0.05) is 5.69 Å². The fraction of sp³-hybridized carbons (Fsp3) is 0.308. The van der Waals surface area contributed by atoms with Crippen LogP contribution < -0.4 is 10.5 Å². The van der Waals surface area contributed by atoms with E-state index < -0.39 is 16.1 Å². The molecule has 0 bridgehead atoms. The number of sulfonamides is 1. The topological polar surface area (TPSA) is 98.2 Å². The average molecular weight is 295 g/mol. The second kappa shape index (κ2) is 5.26. The van der Waals surface area contributed by atoms with Gasteiger partial charge in [0.2, 0.25) is 15.9 Å². The molecule has 2 rings (SSSR count). The molecule has 3 N–H and O–H groups in total. The molecule has 108 valence electrons. The van der Waals surface area contributed by atoms with E-state index in [1.165, 1.54) is 12.1 Å². The minimum Gasteiger partial charge on any atom is -0.444 e. The van der Waals surface area contributed by atoms with E-state index in [9.17, 15) is 8.42 Å². The van der Waals surface area contributed by atoms with Crippen molar-refractivity contribution in [1.29, 1.82) is 0 Å². The first-order chi connectivity index (χ1) is 9.29. The highest BCUT2D eigenvalue weighted by Crippen LogP contribution is 2.20. The van der Waals surface area contributed by atoms with Gasteiger partial charge in [-0.3, -0.25) is 0 Å². The molecule has 2 aromatic rings. The van der Waals surface area contributed by atoms with Crippen molar-refractivity contribution in [3.63, 3.8) is 0 Å². The molecule has 7 heteroatoms. The molecule has 1 aromatic carbocycles. The summed E-state index contributed by atoms with van der Waals surface area (Å²) in [6, 6.07) is 4.03. The molecule has 1 aromatic heterocycles. The monoisotopic (exact) mass is 295 g/mol.